The summed E-state index contributed by atoms with van der Waals surface area (Å²) in [5.41, 5.74) is 3.92. The van der Waals surface area contributed by atoms with Crippen LogP contribution in [0.3, 0.4) is 0 Å². The molecule has 35 heavy (non-hydrogen) atoms. The number of nitrogens with zero attached hydrogens (tertiary/aromatic N) is 1. The Morgan fingerprint density at radius 2 is 1.86 bits per heavy atom. The third-order valence-electron chi connectivity index (χ3n) is 5.95. The van der Waals surface area contributed by atoms with Crippen LogP contribution < -0.4 is 14.8 Å². The van der Waals surface area contributed by atoms with Crippen molar-refractivity contribution < 1.29 is 29.2 Å². The van der Waals surface area contributed by atoms with Crippen LogP contribution in [0.25, 0.3) is 0 Å². The van der Waals surface area contributed by atoms with Gasteiger partial charge in [0, 0.05) is 51.1 Å². The molecule has 0 atom stereocenters. The van der Waals surface area contributed by atoms with Crippen molar-refractivity contribution in [2.75, 3.05) is 39.2 Å². The number of ether oxygens (including phenoxy) is 3. The van der Waals surface area contributed by atoms with Crippen molar-refractivity contribution in [1.29, 1.82) is 0 Å². The van der Waals surface area contributed by atoms with Crippen LogP contribution in [-0.4, -0.2) is 54.9 Å². The number of phenolic OH excluding ortho intramolecular Hbond substituents is 2. The van der Waals surface area contributed by atoms with E-state index in [4.69, 9.17) is 14.2 Å². The second-order valence-electron chi connectivity index (χ2n) is 8.29. The molecule has 3 aromatic carbocycles. The first-order chi connectivity index (χ1) is 17.0. The summed E-state index contributed by atoms with van der Waals surface area (Å²) in [6.07, 6.45) is 0.635. The third-order valence-corrected chi connectivity index (χ3v) is 5.95. The zero-order valence-electron chi connectivity index (χ0n) is 19.9. The summed E-state index contributed by atoms with van der Waals surface area (Å²) < 4.78 is 16.7. The highest BCUT2D eigenvalue weighted by Gasteiger charge is 2.29. The Hall–Kier alpha value is -3.91. The number of nitrogens with one attached hydrogen (secondary N) is 1. The summed E-state index contributed by atoms with van der Waals surface area (Å²) in [7, 11) is 3.46. The molecule has 8 nitrogen and oxygen atoms in total. The van der Waals surface area contributed by atoms with E-state index in [0.29, 0.717) is 32.7 Å². The summed E-state index contributed by atoms with van der Waals surface area (Å²) >= 11 is 0. The van der Waals surface area contributed by atoms with Gasteiger partial charge in [-0.3, -0.25) is 4.79 Å². The van der Waals surface area contributed by atoms with Crippen LogP contribution in [0.4, 0.5) is 5.69 Å². The molecule has 3 N–H and O–H groups in total. The Morgan fingerprint density at radius 1 is 1.06 bits per heavy atom. The van der Waals surface area contributed by atoms with E-state index in [1.807, 2.05) is 49.5 Å². The molecule has 0 saturated carbocycles. The highest BCUT2D eigenvalue weighted by molar-refractivity contribution is 6.00. The lowest BCUT2D eigenvalue weighted by molar-refractivity contribution is 0.0726. The normalized spacial score (nSPS) is 12.7. The molecule has 0 aromatic heterocycles. The van der Waals surface area contributed by atoms with Crippen molar-refractivity contribution in [2.24, 2.45) is 0 Å². The summed E-state index contributed by atoms with van der Waals surface area (Å²) in [5, 5.41) is 23.8. The van der Waals surface area contributed by atoms with Crippen LogP contribution in [0.1, 0.15) is 27.0 Å². The van der Waals surface area contributed by atoms with Gasteiger partial charge in [0.2, 0.25) is 0 Å². The number of anilines is 1. The van der Waals surface area contributed by atoms with Crippen LogP contribution >= 0.6 is 0 Å². The zero-order valence-corrected chi connectivity index (χ0v) is 19.9. The Kier molecular flexibility index (Phi) is 7.62. The molecule has 0 spiro atoms. The predicted octanol–water partition coefficient (Wildman–Crippen LogP) is 3.94. The molecule has 0 unspecified atom stereocenters. The Balaban J connectivity index is 1.57. The number of benzene rings is 3. The average molecular weight is 479 g/mol. The highest BCUT2D eigenvalue weighted by Crippen LogP contribution is 2.37. The minimum absolute atomic E-state index is 0.0349. The van der Waals surface area contributed by atoms with Crippen LogP contribution in [0.5, 0.6) is 23.0 Å². The summed E-state index contributed by atoms with van der Waals surface area (Å²) in [4.78, 5) is 15.2. The van der Waals surface area contributed by atoms with Crippen molar-refractivity contribution in [3.8, 4) is 23.0 Å². The molecule has 0 bridgehead atoms. The van der Waals surface area contributed by atoms with E-state index >= 15 is 0 Å². The van der Waals surface area contributed by atoms with Gasteiger partial charge in [0.15, 0.2) is 0 Å². The molecule has 0 radical (unpaired) electrons. The first-order valence-electron chi connectivity index (χ1n) is 11.5. The largest absolute Gasteiger partial charge is 0.508 e. The van der Waals surface area contributed by atoms with Gasteiger partial charge in [-0.25, -0.2) is 0 Å². The fraction of sp³-hybridized carbons (Fsp3) is 0.296. The molecule has 0 saturated heterocycles. The highest BCUT2D eigenvalue weighted by atomic mass is 16.5. The number of carbonyl (C=O) groups excluding carboxylic acids is 1. The Morgan fingerprint density at radius 3 is 2.60 bits per heavy atom. The smallest absolute Gasteiger partial charge is 0.261 e. The fourth-order valence-corrected chi connectivity index (χ4v) is 4.17. The van der Waals surface area contributed by atoms with Gasteiger partial charge in [-0.2, -0.15) is 0 Å². The second kappa shape index (κ2) is 11.0. The van der Waals surface area contributed by atoms with E-state index in [1.54, 1.807) is 12.0 Å². The minimum atomic E-state index is -0.362. The van der Waals surface area contributed by atoms with Crippen molar-refractivity contribution in [1.82, 2.24) is 4.90 Å². The number of aromatic hydroxyl groups is 2. The van der Waals surface area contributed by atoms with Crippen molar-refractivity contribution >= 4 is 11.6 Å². The number of rotatable bonds is 9. The van der Waals surface area contributed by atoms with Gasteiger partial charge in [-0.15, -0.1) is 0 Å². The molecule has 1 aliphatic rings. The van der Waals surface area contributed by atoms with Crippen LogP contribution in [-0.2, 0) is 24.3 Å². The maximum atomic E-state index is 13.6. The average Bonchev–Trinajstić information content (AvgIpc) is 2.87. The molecule has 3 aromatic rings. The maximum Gasteiger partial charge on any atom is 0.261 e. The topological polar surface area (TPSA) is 100 Å². The van der Waals surface area contributed by atoms with Crippen molar-refractivity contribution in [3.05, 3.63) is 76.9 Å². The van der Waals surface area contributed by atoms with Gasteiger partial charge in [0.25, 0.3) is 5.91 Å². The standard InChI is InChI=1S/C27H30N2O6/c1-28-23-15-21(34-11-10-33-2)12-19-8-9-29(16-22(19)23)27(32)26-24(31)13-20(30)14-25(26)35-17-18-6-4-3-5-7-18/h3-7,12-15,28,30-31H,8-11,16-17H2,1-2H3. The number of hydrogen-bond acceptors (Lipinski definition) is 7. The molecule has 184 valence electrons. The number of amides is 1. The number of hydrogen-bond donors (Lipinski definition) is 3. The number of fused-ring (bicyclic) bond motifs is 1. The first-order valence-corrected chi connectivity index (χ1v) is 11.5. The summed E-state index contributed by atoms with van der Waals surface area (Å²) in [6.45, 7) is 1.98. The molecule has 0 fully saturated rings. The van der Waals surface area contributed by atoms with Gasteiger partial charge >= 0.3 is 0 Å². The van der Waals surface area contributed by atoms with Crippen molar-refractivity contribution in [3.63, 3.8) is 0 Å². The van der Waals surface area contributed by atoms with Crippen LogP contribution in [0, 0.1) is 0 Å². The minimum Gasteiger partial charge on any atom is -0.508 e. The number of carbonyl (C=O) groups is 1. The lowest BCUT2D eigenvalue weighted by Crippen LogP contribution is -2.36. The van der Waals surface area contributed by atoms with Crippen molar-refractivity contribution in [2.45, 2.75) is 19.6 Å². The lowest BCUT2D eigenvalue weighted by Gasteiger charge is -2.31. The van der Waals surface area contributed by atoms with Gasteiger partial charge in [-0.1, -0.05) is 30.3 Å². The van der Waals surface area contributed by atoms with E-state index in [9.17, 15) is 15.0 Å². The van der Waals surface area contributed by atoms with E-state index in [1.165, 1.54) is 6.07 Å². The summed E-state index contributed by atoms with van der Waals surface area (Å²) in [5.74, 6) is 0.0263. The predicted molar refractivity (Wildman–Crippen MR) is 132 cm³/mol. The molecule has 1 aliphatic heterocycles. The van der Waals surface area contributed by atoms with E-state index in [2.05, 4.69) is 5.32 Å². The molecule has 1 heterocycles. The van der Waals surface area contributed by atoms with Gasteiger partial charge < -0.3 is 34.6 Å². The van der Waals surface area contributed by atoms with Gasteiger partial charge in [0.1, 0.15) is 41.8 Å². The maximum absolute atomic E-state index is 13.6. The fourth-order valence-electron chi connectivity index (χ4n) is 4.17. The Bertz CT molecular complexity index is 1160. The zero-order chi connectivity index (χ0) is 24.8. The van der Waals surface area contributed by atoms with E-state index < -0.39 is 0 Å². The third kappa shape index (κ3) is 5.60. The van der Waals surface area contributed by atoms with Crippen LogP contribution in [0.2, 0.25) is 0 Å². The molecule has 0 aliphatic carbocycles. The van der Waals surface area contributed by atoms with E-state index in [-0.39, 0.29) is 35.3 Å². The van der Waals surface area contributed by atoms with Gasteiger partial charge in [0.05, 0.1) is 6.61 Å². The van der Waals surface area contributed by atoms with E-state index in [0.717, 1.165) is 34.2 Å². The second-order valence-corrected chi connectivity index (χ2v) is 8.29. The Labute approximate surface area is 204 Å². The van der Waals surface area contributed by atoms with Crippen LogP contribution in [0.15, 0.2) is 54.6 Å². The molecular weight excluding hydrogens is 448 g/mol. The summed E-state index contributed by atoms with van der Waals surface area (Å²) in [6, 6.07) is 15.9. The molecular formula is C27H30N2O6. The SMILES string of the molecule is CNc1cc(OCCOC)cc2c1CN(C(=O)c1c(O)cc(O)cc1OCc1ccccc1)CC2. The number of methoxy groups -OCH3 is 1. The lowest BCUT2D eigenvalue weighted by atomic mass is 9.96. The van der Waals surface area contributed by atoms with Gasteiger partial charge in [-0.05, 0) is 29.2 Å². The monoisotopic (exact) mass is 478 g/mol. The molecule has 1 amide bonds. The quantitative estimate of drug-likeness (QED) is 0.401. The molecule has 4 rings (SSSR count). The number of phenols is 2. The first kappa shape index (κ1) is 24.2. The molecule has 8 heteroatoms.